The van der Waals surface area contributed by atoms with E-state index in [2.05, 4.69) is 27.2 Å². The predicted molar refractivity (Wildman–Crippen MR) is 82.4 cm³/mol. The van der Waals surface area contributed by atoms with Gasteiger partial charge in [-0.25, -0.2) is 13.1 Å². The maximum Gasteiger partial charge on any atom is 0.244 e. The molecule has 0 aromatic carbocycles. The molecule has 0 radical (unpaired) electrons. The quantitative estimate of drug-likeness (QED) is 0.745. The number of rotatable bonds is 6. The minimum absolute atomic E-state index is 0.0465. The van der Waals surface area contributed by atoms with Gasteiger partial charge >= 0.3 is 0 Å². The van der Waals surface area contributed by atoms with Crippen molar-refractivity contribution >= 4 is 10.0 Å². The standard InChI is InChI=1S/C14H26N4O2S/c1-9(2)15-8-13-14(11(4)16-17-13)21(19,20)18-12-6-5-10(3)7-12/h9-10,12,15,18H,5-8H2,1-4H3,(H,16,17). The Kier molecular flexibility index (Phi) is 5.06. The molecule has 0 saturated heterocycles. The number of aromatic nitrogens is 2. The van der Waals surface area contributed by atoms with Gasteiger partial charge in [-0.2, -0.15) is 5.10 Å². The van der Waals surface area contributed by atoms with Gasteiger partial charge in [0.2, 0.25) is 10.0 Å². The summed E-state index contributed by atoms with van der Waals surface area (Å²) in [6, 6.07) is 0.325. The van der Waals surface area contributed by atoms with Crippen LogP contribution in [0.25, 0.3) is 0 Å². The fourth-order valence-electron chi connectivity index (χ4n) is 2.84. The number of nitrogens with one attached hydrogen (secondary N) is 3. The number of nitrogens with zero attached hydrogens (tertiary/aromatic N) is 1. The van der Waals surface area contributed by atoms with Crippen molar-refractivity contribution in [3.05, 3.63) is 11.4 Å². The molecule has 3 N–H and O–H groups in total. The Labute approximate surface area is 127 Å². The molecule has 2 atom stereocenters. The third-order valence-electron chi connectivity index (χ3n) is 3.92. The van der Waals surface area contributed by atoms with Crippen LogP contribution in [0.3, 0.4) is 0 Å². The number of hydrogen-bond donors (Lipinski definition) is 3. The van der Waals surface area contributed by atoms with Gasteiger partial charge in [0.15, 0.2) is 0 Å². The van der Waals surface area contributed by atoms with Gasteiger partial charge in [0.25, 0.3) is 0 Å². The molecule has 1 aliphatic rings. The Bertz CT molecular complexity index is 580. The van der Waals surface area contributed by atoms with Gasteiger partial charge in [-0.15, -0.1) is 0 Å². The second-order valence-corrected chi connectivity index (χ2v) is 8.05. The van der Waals surface area contributed by atoms with E-state index in [0.717, 1.165) is 19.3 Å². The number of hydrogen-bond acceptors (Lipinski definition) is 4. The lowest BCUT2D eigenvalue weighted by atomic mass is 10.1. The van der Waals surface area contributed by atoms with Crippen molar-refractivity contribution in [1.29, 1.82) is 0 Å². The number of sulfonamides is 1. The smallest absolute Gasteiger partial charge is 0.244 e. The molecule has 1 aliphatic carbocycles. The number of H-pyrrole nitrogens is 1. The maximum atomic E-state index is 12.6. The molecule has 6 nitrogen and oxygen atoms in total. The van der Waals surface area contributed by atoms with E-state index in [1.165, 1.54) is 0 Å². The molecule has 21 heavy (non-hydrogen) atoms. The van der Waals surface area contributed by atoms with Gasteiger partial charge in [0, 0.05) is 18.6 Å². The molecule has 0 aliphatic heterocycles. The molecule has 0 spiro atoms. The van der Waals surface area contributed by atoms with Crippen LogP contribution in [0.1, 0.15) is 51.4 Å². The summed E-state index contributed by atoms with van der Waals surface area (Å²) >= 11 is 0. The molecular weight excluding hydrogens is 288 g/mol. The summed E-state index contributed by atoms with van der Waals surface area (Å²) in [5, 5.41) is 10.1. The molecular formula is C14H26N4O2S. The summed E-state index contributed by atoms with van der Waals surface area (Å²) in [6.45, 7) is 8.39. The second-order valence-electron chi connectivity index (χ2n) is 6.40. The normalized spacial score (nSPS) is 23.1. The molecule has 0 amide bonds. The van der Waals surface area contributed by atoms with Gasteiger partial charge in [-0.3, -0.25) is 5.10 Å². The lowest BCUT2D eigenvalue weighted by Gasteiger charge is -2.14. The van der Waals surface area contributed by atoms with Crippen molar-refractivity contribution in [2.24, 2.45) is 5.92 Å². The van der Waals surface area contributed by atoms with E-state index in [1.807, 2.05) is 13.8 Å². The van der Waals surface area contributed by atoms with E-state index in [4.69, 9.17) is 0 Å². The van der Waals surface area contributed by atoms with Crippen LogP contribution in [-0.4, -0.2) is 30.7 Å². The van der Waals surface area contributed by atoms with Crippen LogP contribution in [0.4, 0.5) is 0 Å². The molecule has 0 bridgehead atoms. The van der Waals surface area contributed by atoms with Crippen LogP contribution in [-0.2, 0) is 16.6 Å². The van der Waals surface area contributed by atoms with E-state index in [-0.39, 0.29) is 12.1 Å². The summed E-state index contributed by atoms with van der Waals surface area (Å²) in [5.74, 6) is 0.588. The lowest BCUT2D eigenvalue weighted by Crippen LogP contribution is -2.34. The summed E-state index contributed by atoms with van der Waals surface area (Å²) < 4.78 is 28.1. The van der Waals surface area contributed by atoms with E-state index in [9.17, 15) is 8.42 Å². The molecule has 2 rings (SSSR count). The Hall–Kier alpha value is -0.920. The van der Waals surface area contributed by atoms with E-state index in [1.54, 1.807) is 6.92 Å². The first-order chi connectivity index (χ1) is 9.79. The Morgan fingerprint density at radius 2 is 2.10 bits per heavy atom. The van der Waals surface area contributed by atoms with Crippen LogP contribution in [0.5, 0.6) is 0 Å². The minimum atomic E-state index is -3.52. The topological polar surface area (TPSA) is 86.9 Å². The summed E-state index contributed by atoms with van der Waals surface area (Å²) in [4.78, 5) is 0.301. The summed E-state index contributed by atoms with van der Waals surface area (Å²) in [6.07, 6.45) is 2.91. The first-order valence-electron chi connectivity index (χ1n) is 7.59. The molecule has 120 valence electrons. The molecule has 7 heteroatoms. The van der Waals surface area contributed by atoms with Gasteiger partial charge in [0.05, 0.1) is 11.4 Å². The highest BCUT2D eigenvalue weighted by atomic mass is 32.2. The van der Waals surface area contributed by atoms with Crippen molar-refractivity contribution in [3.63, 3.8) is 0 Å². The summed E-state index contributed by atoms with van der Waals surface area (Å²) in [7, 11) is -3.52. The number of aryl methyl sites for hydroxylation is 1. The molecule has 1 heterocycles. The third-order valence-corrected chi connectivity index (χ3v) is 5.65. The average molecular weight is 314 g/mol. The third kappa shape index (κ3) is 4.05. The van der Waals surface area contributed by atoms with Gasteiger partial charge in [0.1, 0.15) is 4.90 Å². The van der Waals surface area contributed by atoms with E-state index < -0.39 is 10.0 Å². The Morgan fingerprint density at radius 1 is 1.38 bits per heavy atom. The Morgan fingerprint density at radius 3 is 2.67 bits per heavy atom. The van der Waals surface area contributed by atoms with Crippen molar-refractivity contribution in [2.45, 2.75) is 70.5 Å². The SMILES string of the molecule is Cc1[nH]nc(CNC(C)C)c1S(=O)(=O)NC1CCC(C)C1. The predicted octanol–water partition coefficient (Wildman–Crippen LogP) is 1.68. The van der Waals surface area contributed by atoms with Gasteiger partial charge < -0.3 is 5.32 Å². The van der Waals surface area contributed by atoms with Crippen molar-refractivity contribution < 1.29 is 8.42 Å². The minimum Gasteiger partial charge on any atom is -0.309 e. The maximum absolute atomic E-state index is 12.6. The zero-order valence-corrected chi connectivity index (χ0v) is 14.0. The lowest BCUT2D eigenvalue weighted by molar-refractivity contribution is 0.534. The van der Waals surface area contributed by atoms with Crippen molar-refractivity contribution in [3.8, 4) is 0 Å². The molecule has 1 saturated carbocycles. The zero-order chi connectivity index (χ0) is 15.6. The van der Waals surface area contributed by atoms with E-state index in [0.29, 0.717) is 28.7 Å². The van der Waals surface area contributed by atoms with Crippen molar-refractivity contribution in [1.82, 2.24) is 20.2 Å². The summed E-state index contributed by atoms with van der Waals surface area (Å²) in [5.41, 5.74) is 1.15. The Balaban J connectivity index is 2.17. The first kappa shape index (κ1) is 16.5. The highest BCUT2D eigenvalue weighted by Crippen LogP contribution is 2.27. The molecule has 1 aromatic heterocycles. The molecule has 1 aromatic rings. The molecule has 2 unspecified atom stereocenters. The highest BCUT2D eigenvalue weighted by molar-refractivity contribution is 7.89. The van der Waals surface area contributed by atoms with Gasteiger partial charge in [-0.05, 0) is 32.1 Å². The fourth-order valence-corrected chi connectivity index (χ4v) is 4.49. The van der Waals surface area contributed by atoms with Crippen LogP contribution >= 0.6 is 0 Å². The van der Waals surface area contributed by atoms with Crippen LogP contribution in [0.15, 0.2) is 4.90 Å². The number of aromatic amines is 1. The van der Waals surface area contributed by atoms with Crippen LogP contribution < -0.4 is 10.0 Å². The van der Waals surface area contributed by atoms with E-state index >= 15 is 0 Å². The van der Waals surface area contributed by atoms with Gasteiger partial charge in [-0.1, -0.05) is 20.8 Å². The highest BCUT2D eigenvalue weighted by Gasteiger charge is 2.30. The van der Waals surface area contributed by atoms with Crippen molar-refractivity contribution in [2.75, 3.05) is 0 Å². The average Bonchev–Trinajstić information content (AvgIpc) is 2.93. The first-order valence-corrected chi connectivity index (χ1v) is 9.07. The second kappa shape index (κ2) is 6.46. The fraction of sp³-hybridized carbons (Fsp3) is 0.786. The van der Waals surface area contributed by atoms with Crippen LogP contribution in [0.2, 0.25) is 0 Å². The monoisotopic (exact) mass is 314 g/mol. The van der Waals surface area contributed by atoms with Crippen LogP contribution in [0, 0.1) is 12.8 Å². The molecule has 1 fully saturated rings. The largest absolute Gasteiger partial charge is 0.309 e. The zero-order valence-electron chi connectivity index (χ0n) is 13.2.